The summed E-state index contributed by atoms with van der Waals surface area (Å²) in [5, 5.41) is 3.05. The van der Waals surface area contributed by atoms with Crippen molar-refractivity contribution in [1.82, 2.24) is 10.2 Å². The zero-order valence-corrected chi connectivity index (χ0v) is 12.8. The normalized spacial score (nSPS) is 25.2. The van der Waals surface area contributed by atoms with Gasteiger partial charge >= 0.3 is 6.09 Å². The predicted octanol–water partition coefficient (Wildman–Crippen LogP) is 2.30. The number of ether oxygens (including phenoxy) is 1. The summed E-state index contributed by atoms with van der Waals surface area (Å²) in [5.41, 5.74) is -0.522. The second-order valence-electron chi connectivity index (χ2n) is 6.93. The molecule has 1 N–H and O–H groups in total. The summed E-state index contributed by atoms with van der Waals surface area (Å²) >= 11 is 0. The second kappa shape index (κ2) is 6.02. The number of nitrogens with one attached hydrogen (secondary N) is 1. The third-order valence-electron chi connectivity index (χ3n) is 3.97. The van der Waals surface area contributed by atoms with Crippen molar-refractivity contribution in [3.05, 3.63) is 0 Å². The van der Waals surface area contributed by atoms with Crippen LogP contribution in [-0.4, -0.2) is 41.6 Å². The van der Waals surface area contributed by atoms with E-state index < -0.39 is 5.60 Å². The summed E-state index contributed by atoms with van der Waals surface area (Å²) in [6.07, 6.45) is 5.65. The van der Waals surface area contributed by atoms with E-state index in [1.165, 1.54) is 19.3 Å². The van der Waals surface area contributed by atoms with Gasteiger partial charge in [0.15, 0.2) is 0 Å². The van der Waals surface area contributed by atoms with Crippen molar-refractivity contribution < 1.29 is 14.3 Å². The van der Waals surface area contributed by atoms with Crippen LogP contribution in [0, 0.1) is 5.92 Å². The van der Waals surface area contributed by atoms with Crippen LogP contribution in [0.2, 0.25) is 0 Å². The van der Waals surface area contributed by atoms with Crippen molar-refractivity contribution in [2.24, 2.45) is 5.92 Å². The van der Waals surface area contributed by atoms with Gasteiger partial charge in [-0.05, 0) is 39.5 Å². The number of hydrogen-bond donors (Lipinski definition) is 1. The molecule has 0 bridgehead atoms. The molecular weight excluding hydrogens is 256 g/mol. The van der Waals surface area contributed by atoms with Gasteiger partial charge in [-0.3, -0.25) is 9.69 Å². The molecule has 1 aliphatic carbocycles. The van der Waals surface area contributed by atoms with Gasteiger partial charge in [-0.25, -0.2) is 4.79 Å². The van der Waals surface area contributed by atoms with Gasteiger partial charge in [0.05, 0.1) is 0 Å². The Bertz CT molecular complexity index is 370. The van der Waals surface area contributed by atoms with E-state index in [2.05, 4.69) is 5.32 Å². The lowest BCUT2D eigenvalue weighted by molar-refractivity contribution is -0.126. The van der Waals surface area contributed by atoms with Gasteiger partial charge in [0.25, 0.3) is 0 Å². The zero-order chi connectivity index (χ0) is 14.8. The van der Waals surface area contributed by atoms with E-state index >= 15 is 0 Å². The van der Waals surface area contributed by atoms with Gasteiger partial charge in [0.1, 0.15) is 12.1 Å². The molecule has 0 aromatic heterocycles. The highest BCUT2D eigenvalue weighted by molar-refractivity contribution is 5.83. The van der Waals surface area contributed by atoms with Crippen LogP contribution in [0.15, 0.2) is 0 Å². The Morgan fingerprint density at radius 3 is 2.50 bits per heavy atom. The van der Waals surface area contributed by atoms with E-state index in [1.807, 2.05) is 20.8 Å². The predicted molar refractivity (Wildman–Crippen MR) is 76.3 cm³/mol. The van der Waals surface area contributed by atoms with Gasteiger partial charge < -0.3 is 10.1 Å². The standard InChI is InChI=1S/C15H26N2O3/c1-15(2,3)20-14(19)17-9-12(16-13(18)10-17)11-7-5-4-6-8-11/h11-12H,4-10H2,1-3H3,(H,16,18). The second-order valence-corrected chi connectivity index (χ2v) is 6.93. The van der Waals surface area contributed by atoms with Crippen molar-refractivity contribution in [1.29, 1.82) is 0 Å². The van der Waals surface area contributed by atoms with Gasteiger partial charge in [-0.15, -0.1) is 0 Å². The van der Waals surface area contributed by atoms with E-state index in [0.717, 1.165) is 12.8 Å². The number of nitrogens with zero attached hydrogens (tertiary/aromatic N) is 1. The van der Waals surface area contributed by atoms with Crippen LogP contribution in [0.4, 0.5) is 4.79 Å². The number of carbonyl (C=O) groups excluding carboxylic acids is 2. The first-order valence-electron chi connectivity index (χ1n) is 7.62. The first-order valence-corrected chi connectivity index (χ1v) is 7.62. The minimum absolute atomic E-state index is 0.0716. The van der Waals surface area contributed by atoms with Gasteiger partial charge in [-0.1, -0.05) is 19.3 Å². The maximum atomic E-state index is 12.1. The molecule has 2 amide bonds. The Kier molecular flexibility index (Phi) is 4.55. The molecule has 1 atom stereocenters. The molecule has 5 heteroatoms. The van der Waals surface area contributed by atoms with Crippen LogP contribution in [0.1, 0.15) is 52.9 Å². The average molecular weight is 282 g/mol. The molecule has 2 rings (SSSR count). The molecule has 1 saturated carbocycles. The quantitative estimate of drug-likeness (QED) is 0.803. The smallest absolute Gasteiger partial charge is 0.410 e. The fourth-order valence-corrected chi connectivity index (χ4v) is 3.04. The minimum atomic E-state index is -0.522. The molecule has 0 spiro atoms. The number of carbonyl (C=O) groups is 2. The molecule has 1 aliphatic heterocycles. The van der Waals surface area contributed by atoms with Crippen LogP contribution in [0.25, 0.3) is 0 Å². The summed E-state index contributed by atoms with van der Waals surface area (Å²) in [7, 11) is 0. The van der Waals surface area contributed by atoms with Crippen molar-refractivity contribution in [3.8, 4) is 0 Å². The summed E-state index contributed by atoms with van der Waals surface area (Å²) < 4.78 is 5.37. The van der Waals surface area contributed by atoms with Crippen LogP contribution in [0.3, 0.4) is 0 Å². The molecule has 1 saturated heterocycles. The molecular formula is C15H26N2O3. The molecule has 0 radical (unpaired) electrons. The maximum absolute atomic E-state index is 12.1. The van der Waals surface area contributed by atoms with Crippen LogP contribution in [-0.2, 0) is 9.53 Å². The lowest BCUT2D eigenvalue weighted by Crippen LogP contribution is -2.59. The van der Waals surface area contributed by atoms with E-state index in [1.54, 1.807) is 4.90 Å². The van der Waals surface area contributed by atoms with Crippen molar-refractivity contribution in [2.75, 3.05) is 13.1 Å². The summed E-state index contributed by atoms with van der Waals surface area (Å²) in [6.45, 7) is 6.21. The number of piperazine rings is 1. The molecule has 114 valence electrons. The monoisotopic (exact) mass is 282 g/mol. The zero-order valence-electron chi connectivity index (χ0n) is 12.8. The fraction of sp³-hybridized carbons (Fsp3) is 0.867. The third-order valence-corrected chi connectivity index (χ3v) is 3.97. The molecule has 20 heavy (non-hydrogen) atoms. The largest absolute Gasteiger partial charge is 0.444 e. The van der Waals surface area contributed by atoms with E-state index in [-0.39, 0.29) is 24.6 Å². The van der Waals surface area contributed by atoms with Crippen molar-refractivity contribution >= 4 is 12.0 Å². The first-order chi connectivity index (χ1) is 9.35. The Hall–Kier alpha value is -1.26. The van der Waals surface area contributed by atoms with Crippen LogP contribution >= 0.6 is 0 Å². The van der Waals surface area contributed by atoms with Crippen LogP contribution < -0.4 is 5.32 Å². The first kappa shape index (κ1) is 15.1. The summed E-state index contributed by atoms with van der Waals surface area (Å²) in [4.78, 5) is 25.5. The SMILES string of the molecule is CC(C)(C)OC(=O)N1CC(=O)NC(C2CCCCC2)C1. The lowest BCUT2D eigenvalue weighted by atomic mass is 9.83. The number of amides is 2. The fourth-order valence-electron chi connectivity index (χ4n) is 3.04. The van der Waals surface area contributed by atoms with Gasteiger partial charge in [0.2, 0.25) is 5.91 Å². The Morgan fingerprint density at radius 1 is 1.25 bits per heavy atom. The van der Waals surface area contributed by atoms with Gasteiger partial charge in [-0.2, -0.15) is 0 Å². The molecule has 1 unspecified atom stereocenters. The molecule has 2 aliphatic rings. The average Bonchev–Trinajstić information content (AvgIpc) is 2.37. The summed E-state index contributed by atoms with van der Waals surface area (Å²) in [6, 6.07) is 0.0871. The Balaban J connectivity index is 1.96. The molecule has 5 nitrogen and oxygen atoms in total. The molecule has 0 aromatic carbocycles. The maximum Gasteiger partial charge on any atom is 0.410 e. The Labute approximate surface area is 121 Å². The Morgan fingerprint density at radius 2 is 1.90 bits per heavy atom. The highest BCUT2D eigenvalue weighted by atomic mass is 16.6. The van der Waals surface area contributed by atoms with Crippen molar-refractivity contribution in [3.63, 3.8) is 0 Å². The highest BCUT2D eigenvalue weighted by Gasteiger charge is 2.35. The molecule has 1 heterocycles. The number of hydrogen-bond acceptors (Lipinski definition) is 3. The molecule has 0 aromatic rings. The van der Waals surface area contributed by atoms with Crippen LogP contribution in [0.5, 0.6) is 0 Å². The van der Waals surface area contributed by atoms with Gasteiger partial charge in [0, 0.05) is 12.6 Å². The molecule has 2 fully saturated rings. The van der Waals surface area contributed by atoms with E-state index in [4.69, 9.17) is 4.74 Å². The highest BCUT2D eigenvalue weighted by Crippen LogP contribution is 2.28. The summed E-state index contributed by atoms with van der Waals surface area (Å²) in [5.74, 6) is 0.426. The minimum Gasteiger partial charge on any atom is -0.444 e. The van der Waals surface area contributed by atoms with E-state index in [0.29, 0.717) is 12.5 Å². The lowest BCUT2D eigenvalue weighted by Gasteiger charge is -2.39. The van der Waals surface area contributed by atoms with Crippen molar-refractivity contribution in [2.45, 2.75) is 64.5 Å². The van der Waals surface area contributed by atoms with E-state index in [9.17, 15) is 9.59 Å². The number of rotatable bonds is 1. The topological polar surface area (TPSA) is 58.6 Å². The third kappa shape index (κ3) is 4.12.